The van der Waals surface area contributed by atoms with Gasteiger partial charge in [-0.15, -0.1) is 0 Å². The second-order valence-corrected chi connectivity index (χ2v) is 7.57. The van der Waals surface area contributed by atoms with E-state index in [0.717, 1.165) is 5.56 Å². The Morgan fingerprint density at radius 1 is 0.871 bits per heavy atom. The van der Waals surface area contributed by atoms with Crippen LogP contribution >= 0.6 is 0 Å². The number of hydrogen-bond acceptors (Lipinski definition) is 4. The van der Waals surface area contributed by atoms with Gasteiger partial charge < -0.3 is 20.1 Å². The van der Waals surface area contributed by atoms with Crippen LogP contribution in [0.1, 0.15) is 39.3 Å². The molecule has 31 heavy (non-hydrogen) atoms. The summed E-state index contributed by atoms with van der Waals surface area (Å²) in [5.74, 6) is 0.660. The van der Waals surface area contributed by atoms with Gasteiger partial charge in [-0.1, -0.05) is 30.3 Å². The first-order chi connectivity index (χ1) is 15.0. The Morgan fingerprint density at radius 3 is 2.03 bits per heavy atom. The minimum Gasteiger partial charge on any atom is -0.457 e. The van der Waals surface area contributed by atoms with Crippen LogP contribution in [-0.2, 0) is 4.74 Å². The Hall–Kier alpha value is -3.64. The van der Waals surface area contributed by atoms with Gasteiger partial charge in [0.1, 0.15) is 17.6 Å². The highest BCUT2D eigenvalue weighted by atomic mass is 16.5. The molecule has 1 fully saturated rings. The molecule has 1 heterocycles. The zero-order valence-corrected chi connectivity index (χ0v) is 17.2. The highest BCUT2D eigenvalue weighted by molar-refractivity contribution is 5.94. The van der Waals surface area contributed by atoms with Crippen LogP contribution in [0, 0.1) is 0 Å². The van der Waals surface area contributed by atoms with Crippen LogP contribution in [0.25, 0.3) is 0 Å². The third-order valence-electron chi connectivity index (χ3n) is 5.19. The maximum absolute atomic E-state index is 13.1. The number of nitrogens with zero attached hydrogens (tertiary/aromatic N) is 1. The lowest BCUT2D eigenvalue weighted by Gasteiger charge is -2.37. The molecule has 0 radical (unpaired) electrons. The molecular formula is C25H24N2O4. The van der Waals surface area contributed by atoms with Gasteiger partial charge in [0.2, 0.25) is 5.91 Å². The number of primary amides is 1. The van der Waals surface area contributed by atoms with Crippen LogP contribution in [0.5, 0.6) is 11.5 Å². The van der Waals surface area contributed by atoms with Gasteiger partial charge in [0, 0.05) is 17.7 Å². The van der Waals surface area contributed by atoms with E-state index in [9.17, 15) is 9.59 Å². The first-order valence-corrected chi connectivity index (χ1v) is 10.2. The molecule has 0 bridgehead atoms. The number of hydrogen-bond donors (Lipinski definition) is 1. The lowest BCUT2D eigenvalue weighted by atomic mass is 10.1. The van der Waals surface area contributed by atoms with Gasteiger partial charge in [-0.3, -0.25) is 9.59 Å². The molecule has 2 N–H and O–H groups in total. The molecular weight excluding hydrogens is 392 g/mol. The van der Waals surface area contributed by atoms with Gasteiger partial charge in [0.05, 0.1) is 12.6 Å². The first kappa shape index (κ1) is 20.6. The summed E-state index contributed by atoms with van der Waals surface area (Å²) >= 11 is 0. The van der Waals surface area contributed by atoms with Crippen molar-refractivity contribution in [2.45, 2.75) is 19.1 Å². The number of carbonyl (C=O) groups is 2. The third kappa shape index (κ3) is 4.92. The predicted molar refractivity (Wildman–Crippen MR) is 117 cm³/mol. The van der Waals surface area contributed by atoms with Crippen LogP contribution in [0.4, 0.5) is 0 Å². The van der Waals surface area contributed by atoms with Crippen molar-refractivity contribution in [3.8, 4) is 11.5 Å². The molecule has 3 aromatic carbocycles. The Balaban J connectivity index is 1.43. The number of morpholine rings is 1. The third-order valence-corrected chi connectivity index (χ3v) is 5.19. The van der Waals surface area contributed by atoms with Crippen molar-refractivity contribution in [1.29, 1.82) is 0 Å². The molecule has 0 spiro atoms. The van der Waals surface area contributed by atoms with E-state index < -0.39 is 5.91 Å². The van der Waals surface area contributed by atoms with Gasteiger partial charge >= 0.3 is 0 Å². The number of amides is 2. The lowest BCUT2D eigenvalue weighted by Crippen LogP contribution is -2.45. The lowest BCUT2D eigenvalue weighted by molar-refractivity contribution is -0.0691. The highest BCUT2D eigenvalue weighted by Crippen LogP contribution is 2.27. The fourth-order valence-corrected chi connectivity index (χ4v) is 3.64. The number of benzene rings is 3. The van der Waals surface area contributed by atoms with Crippen molar-refractivity contribution in [3.63, 3.8) is 0 Å². The second kappa shape index (κ2) is 9.02. The van der Waals surface area contributed by atoms with E-state index >= 15 is 0 Å². The van der Waals surface area contributed by atoms with Gasteiger partial charge in [-0.2, -0.15) is 0 Å². The Morgan fingerprint density at radius 2 is 1.45 bits per heavy atom. The fourth-order valence-electron chi connectivity index (χ4n) is 3.64. The van der Waals surface area contributed by atoms with Crippen molar-refractivity contribution in [2.24, 2.45) is 5.73 Å². The standard InChI is InChI=1S/C25H24N2O4/c1-17-15-27(16-23(30-17)18-5-3-2-4-6-18)25(29)20-9-13-22(14-10-20)31-21-11-7-19(8-12-21)24(26)28/h2-14,17,23H,15-16H2,1H3,(H2,26,28)/t17-,23-/m1/s1. The van der Waals surface area contributed by atoms with E-state index in [0.29, 0.717) is 35.7 Å². The summed E-state index contributed by atoms with van der Waals surface area (Å²) in [5.41, 5.74) is 7.33. The highest BCUT2D eigenvalue weighted by Gasteiger charge is 2.29. The summed E-state index contributed by atoms with van der Waals surface area (Å²) < 4.78 is 11.8. The molecule has 0 saturated carbocycles. The number of rotatable bonds is 5. The summed E-state index contributed by atoms with van der Waals surface area (Å²) in [4.78, 5) is 26.1. The maximum Gasteiger partial charge on any atom is 0.254 e. The van der Waals surface area contributed by atoms with E-state index in [1.54, 1.807) is 48.5 Å². The largest absolute Gasteiger partial charge is 0.457 e. The average molecular weight is 416 g/mol. The summed E-state index contributed by atoms with van der Waals surface area (Å²) in [6, 6.07) is 23.6. The van der Waals surface area contributed by atoms with E-state index in [-0.39, 0.29) is 18.1 Å². The van der Waals surface area contributed by atoms with Crippen molar-refractivity contribution in [2.75, 3.05) is 13.1 Å². The topological polar surface area (TPSA) is 81.9 Å². The smallest absolute Gasteiger partial charge is 0.254 e. The number of nitrogens with two attached hydrogens (primary N) is 1. The summed E-state index contributed by atoms with van der Waals surface area (Å²) in [5, 5.41) is 0. The predicted octanol–water partition coefficient (Wildman–Crippen LogP) is 4.18. The molecule has 2 atom stereocenters. The van der Waals surface area contributed by atoms with Gasteiger partial charge in [0.15, 0.2) is 0 Å². The molecule has 1 saturated heterocycles. The molecule has 6 nitrogen and oxygen atoms in total. The van der Waals surface area contributed by atoms with E-state index in [1.165, 1.54) is 0 Å². The molecule has 1 aliphatic heterocycles. The molecule has 158 valence electrons. The van der Waals surface area contributed by atoms with Gasteiger partial charge in [0.25, 0.3) is 5.91 Å². The van der Waals surface area contributed by atoms with E-state index in [1.807, 2.05) is 42.2 Å². The van der Waals surface area contributed by atoms with Crippen LogP contribution < -0.4 is 10.5 Å². The zero-order chi connectivity index (χ0) is 21.8. The fraction of sp³-hybridized carbons (Fsp3) is 0.200. The van der Waals surface area contributed by atoms with E-state index in [2.05, 4.69) is 0 Å². The van der Waals surface area contributed by atoms with Crippen molar-refractivity contribution in [1.82, 2.24) is 4.90 Å². The van der Waals surface area contributed by atoms with E-state index in [4.69, 9.17) is 15.2 Å². The van der Waals surface area contributed by atoms with Gasteiger partial charge in [-0.05, 0) is 61.0 Å². The van der Waals surface area contributed by atoms with Crippen LogP contribution in [-0.4, -0.2) is 35.9 Å². The summed E-state index contributed by atoms with van der Waals surface area (Å²) in [6.45, 7) is 3.04. The SMILES string of the molecule is C[C@@H]1CN(C(=O)c2ccc(Oc3ccc(C(N)=O)cc3)cc2)C[C@H](c2ccccc2)O1. The summed E-state index contributed by atoms with van der Waals surface area (Å²) in [6.07, 6.45) is -0.186. The van der Waals surface area contributed by atoms with Crippen LogP contribution in [0.2, 0.25) is 0 Å². The zero-order valence-electron chi connectivity index (χ0n) is 17.2. The van der Waals surface area contributed by atoms with Crippen molar-refractivity contribution in [3.05, 3.63) is 95.6 Å². The Kier molecular flexibility index (Phi) is 6.00. The molecule has 0 aliphatic carbocycles. The molecule has 4 rings (SSSR count). The Bertz CT molecular complexity index is 1050. The molecule has 0 aromatic heterocycles. The normalized spacial score (nSPS) is 18.4. The average Bonchev–Trinajstić information content (AvgIpc) is 2.79. The molecule has 2 amide bonds. The molecule has 0 unspecified atom stereocenters. The first-order valence-electron chi connectivity index (χ1n) is 10.2. The molecule has 1 aliphatic rings. The quantitative estimate of drug-likeness (QED) is 0.676. The van der Waals surface area contributed by atoms with Gasteiger partial charge in [-0.25, -0.2) is 0 Å². The molecule has 3 aromatic rings. The number of ether oxygens (including phenoxy) is 2. The van der Waals surface area contributed by atoms with Crippen LogP contribution in [0.3, 0.4) is 0 Å². The maximum atomic E-state index is 13.1. The number of carbonyl (C=O) groups excluding carboxylic acids is 2. The minimum atomic E-state index is -0.485. The monoisotopic (exact) mass is 416 g/mol. The van der Waals surface area contributed by atoms with Crippen molar-refractivity contribution < 1.29 is 19.1 Å². The summed E-state index contributed by atoms with van der Waals surface area (Å²) in [7, 11) is 0. The molecule has 6 heteroatoms. The Labute approximate surface area is 181 Å². The van der Waals surface area contributed by atoms with Crippen molar-refractivity contribution >= 4 is 11.8 Å². The minimum absolute atomic E-state index is 0.0338. The second-order valence-electron chi connectivity index (χ2n) is 7.57. The van der Waals surface area contributed by atoms with Crippen LogP contribution in [0.15, 0.2) is 78.9 Å².